The molecule has 5 heterocycles. The van der Waals surface area contributed by atoms with Gasteiger partial charge in [0.15, 0.2) is 0 Å². The first kappa shape index (κ1) is 18.2. The Morgan fingerprint density at radius 3 is 2.87 bits per heavy atom. The molecule has 0 amide bonds. The number of hydrogen-bond donors (Lipinski definition) is 1. The Kier molecular flexibility index (Phi) is 4.06. The Hall–Kier alpha value is -2.62. The normalized spacial score (nSPS) is 29.8. The number of nitrogens with two attached hydrogens (primary N) is 1. The van der Waals surface area contributed by atoms with Crippen molar-refractivity contribution in [2.75, 3.05) is 13.1 Å². The molecule has 2 atom stereocenters. The second kappa shape index (κ2) is 6.69. The van der Waals surface area contributed by atoms with E-state index in [2.05, 4.69) is 20.0 Å². The van der Waals surface area contributed by atoms with E-state index in [1.807, 2.05) is 28.6 Å². The van der Waals surface area contributed by atoms with Gasteiger partial charge in [0.05, 0.1) is 23.3 Å². The van der Waals surface area contributed by atoms with E-state index in [4.69, 9.17) is 7.10 Å². The largest absolute Gasteiger partial charge is 0.416 e. The maximum Gasteiger partial charge on any atom is 0.416 e. The van der Waals surface area contributed by atoms with Gasteiger partial charge in [0, 0.05) is 57.5 Å². The Morgan fingerprint density at radius 2 is 2.13 bits per heavy atom. The van der Waals surface area contributed by atoms with Crippen LogP contribution < -0.4 is 5.73 Å². The van der Waals surface area contributed by atoms with Crippen LogP contribution >= 0.6 is 0 Å². The molecule has 1 spiro atoms. The number of aliphatic imine (C=N–C) groups is 1. The Morgan fingerprint density at radius 1 is 1.33 bits per heavy atom. The number of aromatic nitrogens is 4. The summed E-state index contributed by atoms with van der Waals surface area (Å²) in [4.78, 5) is 10.5. The highest BCUT2D eigenvalue weighted by molar-refractivity contribution is 5.71. The number of likely N-dealkylation sites (tertiary alicyclic amines) is 1. The van der Waals surface area contributed by atoms with E-state index in [9.17, 15) is 13.2 Å². The summed E-state index contributed by atoms with van der Waals surface area (Å²) in [5, 5.41) is 4.53. The molecule has 3 aliphatic heterocycles. The second-order valence-corrected chi connectivity index (χ2v) is 8.48. The minimum absolute atomic E-state index is 0.0933. The molecule has 0 bridgehead atoms. The van der Waals surface area contributed by atoms with Crippen molar-refractivity contribution in [2.24, 2.45) is 17.8 Å². The van der Waals surface area contributed by atoms with Crippen LogP contribution in [0.2, 0.25) is 0 Å². The first-order valence-electron chi connectivity index (χ1n) is 10.5. The molecule has 2 aromatic heterocycles. The average molecular weight is 420 g/mol. The van der Waals surface area contributed by atoms with Gasteiger partial charge in [0.1, 0.15) is 5.82 Å². The predicted molar refractivity (Wildman–Crippen MR) is 105 cm³/mol. The van der Waals surface area contributed by atoms with Gasteiger partial charge in [-0.25, -0.2) is 9.98 Å². The fraction of sp³-hybridized carbons (Fsp3) is 0.550. The monoisotopic (exact) mass is 420 g/mol. The van der Waals surface area contributed by atoms with Crippen LogP contribution in [0.15, 0.2) is 35.0 Å². The van der Waals surface area contributed by atoms with Crippen molar-refractivity contribution >= 4 is 6.21 Å². The summed E-state index contributed by atoms with van der Waals surface area (Å²) in [6.45, 7) is 3.22. The summed E-state index contributed by atoms with van der Waals surface area (Å²) < 4.78 is 52.5. The van der Waals surface area contributed by atoms with Crippen LogP contribution in [0.5, 0.6) is 0 Å². The molecule has 1 saturated heterocycles. The zero-order chi connectivity index (χ0) is 22.0. The number of halogens is 3. The van der Waals surface area contributed by atoms with Gasteiger partial charge in [-0.3, -0.25) is 9.58 Å². The molecule has 2 aromatic rings. The van der Waals surface area contributed by atoms with Crippen molar-refractivity contribution in [3.63, 3.8) is 0 Å². The van der Waals surface area contributed by atoms with Crippen molar-refractivity contribution in [1.82, 2.24) is 24.2 Å². The Bertz CT molecular complexity index is 1080. The van der Waals surface area contributed by atoms with Gasteiger partial charge in [-0.15, -0.1) is 0 Å². The number of fused-ring (bicyclic) bond motifs is 2. The molecule has 3 aliphatic rings. The SMILES string of the molecule is [2H]C1(c2cc3n(n2)CC[C@@]32CCN(Cc3cn(C)cn3)C2)C=NC(N)=C(C(F)(F)F)C1. The highest BCUT2D eigenvalue weighted by Crippen LogP contribution is 2.44. The van der Waals surface area contributed by atoms with Gasteiger partial charge < -0.3 is 10.3 Å². The standard InChI is InChI=1S/C20H24F3N7/c1-28-9-14(26-12-28)10-29-4-2-19(11-29)3-5-30-17(19)7-16(27-30)13-6-15(20(21,22)23)18(24)25-8-13/h7-9,12-13H,2-6,10-11,24H2,1H3/t13?,19-/m1/s1/i13D. The Balaban J connectivity index is 1.38. The lowest BCUT2D eigenvalue weighted by molar-refractivity contribution is -0.0953. The van der Waals surface area contributed by atoms with Gasteiger partial charge in [0.2, 0.25) is 0 Å². The second-order valence-electron chi connectivity index (χ2n) is 8.48. The summed E-state index contributed by atoms with van der Waals surface area (Å²) in [5.41, 5.74) is 6.71. The molecule has 2 N–H and O–H groups in total. The van der Waals surface area contributed by atoms with Crippen LogP contribution in [0.1, 0.15) is 43.6 Å². The lowest BCUT2D eigenvalue weighted by atomic mass is 9.82. The fourth-order valence-electron chi connectivity index (χ4n) is 4.86. The number of rotatable bonds is 3. The van der Waals surface area contributed by atoms with E-state index in [1.54, 1.807) is 6.33 Å². The van der Waals surface area contributed by atoms with E-state index in [-0.39, 0.29) is 5.41 Å². The maximum absolute atomic E-state index is 13.3. The third-order valence-electron chi connectivity index (χ3n) is 6.41. The number of aryl methyl sites for hydroxylation is 2. The van der Waals surface area contributed by atoms with E-state index in [1.165, 1.54) is 6.21 Å². The van der Waals surface area contributed by atoms with Crippen LogP contribution in [0.3, 0.4) is 0 Å². The van der Waals surface area contributed by atoms with Crippen molar-refractivity contribution in [2.45, 2.75) is 49.8 Å². The lowest BCUT2D eigenvalue weighted by Gasteiger charge is -2.23. The molecule has 160 valence electrons. The molecule has 10 heteroatoms. The van der Waals surface area contributed by atoms with Gasteiger partial charge in [-0.05, 0) is 31.9 Å². The molecule has 1 fully saturated rings. The van der Waals surface area contributed by atoms with Gasteiger partial charge >= 0.3 is 6.18 Å². The van der Waals surface area contributed by atoms with Crippen LogP contribution in [0.25, 0.3) is 0 Å². The van der Waals surface area contributed by atoms with Crippen molar-refractivity contribution in [1.29, 1.82) is 0 Å². The topological polar surface area (TPSA) is 77.3 Å². The molecular weight excluding hydrogens is 395 g/mol. The van der Waals surface area contributed by atoms with Crippen LogP contribution in [0.4, 0.5) is 13.2 Å². The van der Waals surface area contributed by atoms with E-state index >= 15 is 0 Å². The van der Waals surface area contributed by atoms with Gasteiger partial charge in [-0.1, -0.05) is 0 Å². The minimum atomic E-state index is -4.62. The summed E-state index contributed by atoms with van der Waals surface area (Å²) >= 11 is 0. The third-order valence-corrected chi connectivity index (χ3v) is 6.41. The van der Waals surface area contributed by atoms with Crippen LogP contribution in [-0.4, -0.2) is 49.7 Å². The average Bonchev–Trinajstić information content (AvgIpc) is 3.45. The highest BCUT2D eigenvalue weighted by atomic mass is 19.4. The van der Waals surface area contributed by atoms with Gasteiger partial charge in [0.25, 0.3) is 0 Å². The number of alkyl halides is 3. The number of imidazole rings is 1. The molecule has 5 rings (SSSR count). The number of hydrogen-bond acceptors (Lipinski definition) is 5. The van der Waals surface area contributed by atoms with Gasteiger partial charge in [-0.2, -0.15) is 18.3 Å². The fourth-order valence-corrected chi connectivity index (χ4v) is 4.86. The van der Waals surface area contributed by atoms with Crippen LogP contribution in [-0.2, 0) is 25.6 Å². The number of allylic oxidation sites excluding steroid dienone is 1. The molecule has 7 nitrogen and oxygen atoms in total. The van der Waals surface area contributed by atoms with Crippen molar-refractivity contribution in [3.8, 4) is 0 Å². The zero-order valence-electron chi connectivity index (χ0n) is 17.7. The molecule has 0 radical (unpaired) electrons. The Labute approximate surface area is 173 Å². The molecule has 0 saturated carbocycles. The smallest absolute Gasteiger partial charge is 0.383 e. The highest BCUT2D eigenvalue weighted by Gasteiger charge is 2.46. The van der Waals surface area contributed by atoms with E-state index in [0.29, 0.717) is 12.2 Å². The van der Waals surface area contributed by atoms with E-state index < -0.39 is 29.9 Å². The number of nitrogens with zero attached hydrogens (tertiary/aromatic N) is 6. The first-order valence-corrected chi connectivity index (χ1v) is 9.97. The summed E-state index contributed by atoms with van der Waals surface area (Å²) in [5.74, 6) is -2.25. The summed E-state index contributed by atoms with van der Waals surface area (Å²) in [7, 11) is 1.94. The predicted octanol–water partition coefficient (Wildman–Crippen LogP) is 2.45. The molecule has 1 unspecified atom stereocenters. The quantitative estimate of drug-likeness (QED) is 0.828. The zero-order valence-corrected chi connectivity index (χ0v) is 16.7. The van der Waals surface area contributed by atoms with E-state index in [0.717, 1.165) is 43.9 Å². The first-order chi connectivity index (χ1) is 14.6. The molecule has 0 aliphatic carbocycles. The molecule has 0 aromatic carbocycles. The summed E-state index contributed by atoms with van der Waals surface area (Å²) in [6, 6.07) is 1.81. The maximum atomic E-state index is 13.3. The van der Waals surface area contributed by atoms with Crippen LogP contribution in [0, 0.1) is 0 Å². The summed E-state index contributed by atoms with van der Waals surface area (Å²) in [6.07, 6.45) is 1.67. The lowest BCUT2D eigenvalue weighted by Crippen LogP contribution is -2.29. The third kappa shape index (κ3) is 3.23. The van der Waals surface area contributed by atoms with Crippen molar-refractivity contribution in [3.05, 3.63) is 47.1 Å². The minimum Gasteiger partial charge on any atom is -0.383 e. The molecule has 30 heavy (non-hydrogen) atoms. The molecular formula is C20H24F3N7. The van der Waals surface area contributed by atoms with Crippen molar-refractivity contribution < 1.29 is 14.5 Å².